The van der Waals surface area contributed by atoms with Crippen molar-refractivity contribution >= 4 is 15.9 Å². The maximum atomic E-state index is 5.84. The molecule has 0 atom stereocenters. The standard InChI is InChI=1S/C13H19BrO/c1-3-11(4-2)10-15-13-8-6-5-7-12(13)9-14/h5-8,11H,3-4,9-10H2,1-2H3. The molecular weight excluding hydrogens is 252 g/mol. The van der Waals surface area contributed by atoms with Gasteiger partial charge in [-0.3, -0.25) is 0 Å². The Kier molecular flexibility index (Phi) is 5.77. The second-order valence-corrected chi connectivity index (χ2v) is 4.30. The molecule has 0 aliphatic heterocycles. The van der Waals surface area contributed by atoms with Gasteiger partial charge in [-0.05, 0) is 12.0 Å². The summed E-state index contributed by atoms with van der Waals surface area (Å²) in [5, 5.41) is 0.853. The maximum absolute atomic E-state index is 5.84. The largest absolute Gasteiger partial charge is 0.493 e. The predicted molar refractivity (Wildman–Crippen MR) is 68.6 cm³/mol. The SMILES string of the molecule is CCC(CC)COc1ccccc1CBr. The van der Waals surface area contributed by atoms with E-state index in [2.05, 4.69) is 35.8 Å². The van der Waals surface area contributed by atoms with Gasteiger partial charge in [0.25, 0.3) is 0 Å². The zero-order chi connectivity index (χ0) is 11.1. The van der Waals surface area contributed by atoms with E-state index in [0.717, 1.165) is 17.7 Å². The third-order valence-corrected chi connectivity index (χ3v) is 3.35. The van der Waals surface area contributed by atoms with Crippen LogP contribution in [0.4, 0.5) is 0 Å². The molecule has 0 amide bonds. The second-order valence-electron chi connectivity index (χ2n) is 3.73. The highest BCUT2D eigenvalue weighted by molar-refractivity contribution is 9.08. The van der Waals surface area contributed by atoms with E-state index in [1.165, 1.54) is 18.4 Å². The summed E-state index contributed by atoms with van der Waals surface area (Å²) < 4.78 is 5.84. The van der Waals surface area contributed by atoms with E-state index in [1.807, 2.05) is 18.2 Å². The molecule has 1 aromatic carbocycles. The van der Waals surface area contributed by atoms with Crippen LogP contribution in [0.1, 0.15) is 32.3 Å². The summed E-state index contributed by atoms with van der Waals surface area (Å²) >= 11 is 3.47. The smallest absolute Gasteiger partial charge is 0.123 e. The fraction of sp³-hybridized carbons (Fsp3) is 0.538. The van der Waals surface area contributed by atoms with Crippen LogP contribution in [0.5, 0.6) is 5.75 Å². The lowest BCUT2D eigenvalue weighted by Crippen LogP contribution is -2.10. The molecule has 0 heterocycles. The highest BCUT2D eigenvalue weighted by atomic mass is 79.9. The summed E-state index contributed by atoms with van der Waals surface area (Å²) in [6.45, 7) is 5.26. The number of benzene rings is 1. The van der Waals surface area contributed by atoms with Crippen molar-refractivity contribution in [3.05, 3.63) is 29.8 Å². The number of hydrogen-bond acceptors (Lipinski definition) is 1. The highest BCUT2D eigenvalue weighted by Crippen LogP contribution is 2.21. The van der Waals surface area contributed by atoms with Gasteiger partial charge in [-0.25, -0.2) is 0 Å². The molecule has 0 radical (unpaired) electrons. The van der Waals surface area contributed by atoms with Crippen LogP contribution in [0.2, 0.25) is 0 Å². The Bertz CT molecular complexity index is 282. The minimum atomic E-state index is 0.674. The molecule has 2 heteroatoms. The lowest BCUT2D eigenvalue weighted by molar-refractivity contribution is 0.239. The van der Waals surface area contributed by atoms with Crippen LogP contribution in [-0.4, -0.2) is 6.61 Å². The van der Waals surface area contributed by atoms with Crippen molar-refractivity contribution < 1.29 is 4.74 Å². The number of hydrogen-bond donors (Lipinski definition) is 0. The van der Waals surface area contributed by atoms with Crippen molar-refractivity contribution in [1.29, 1.82) is 0 Å². The van der Waals surface area contributed by atoms with Crippen molar-refractivity contribution in [2.24, 2.45) is 5.92 Å². The van der Waals surface area contributed by atoms with Gasteiger partial charge in [0.2, 0.25) is 0 Å². The first-order chi connectivity index (χ1) is 7.31. The zero-order valence-corrected chi connectivity index (χ0v) is 11.1. The average Bonchev–Trinajstić information content (AvgIpc) is 2.31. The summed E-state index contributed by atoms with van der Waals surface area (Å²) in [4.78, 5) is 0. The molecule has 1 aromatic rings. The minimum Gasteiger partial charge on any atom is -0.493 e. The molecule has 0 fully saturated rings. The van der Waals surface area contributed by atoms with Crippen LogP contribution < -0.4 is 4.74 Å². The Labute approximate surface area is 101 Å². The summed E-state index contributed by atoms with van der Waals surface area (Å²) in [5.74, 6) is 1.69. The third-order valence-electron chi connectivity index (χ3n) is 2.75. The number of ether oxygens (including phenoxy) is 1. The maximum Gasteiger partial charge on any atom is 0.123 e. The highest BCUT2D eigenvalue weighted by Gasteiger charge is 2.06. The lowest BCUT2D eigenvalue weighted by Gasteiger charge is -2.15. The molecule has 0 aromatic heterocycles. The fourth-order valence-electron chi connectivity index (χ4n) is 1.49. The molecule has 0 saturated heterocycles. The van der Waals surface area contributed by atoms with Gasteiger partial charge in [0.05, 0.1) is 6.61 Å². The van der Waals surface area contributed by atoms with Crippen LogP contribution in [0.15, 0.2) is 24.3 Å². The fourth-order valence-corrected chi connectivity index (χ4v) is 1.95. The summed E-state index contributed by atoms with van der Waals surface area (Å²) in [6, 6.07) is 8.20. The first-order valence-electron chi connectivity index (χ1n) is 5.58. The van der Waals surface area contributed by atoms with Crippen molar-refractivity contribution in [2.45, 2.75) is 32.0 Å². The Hall–Kier alpha value is -0.500. The van der Waals surface area contributed by atoms with E-state index in [9.17, 15) is 0 Å². The second kappa shape index (κ2) is 6.89. The molecule has 0 N–H and O–H groups in total. The monoisotopic (exact) mass is 270 g/mol. The zero-order valence-electron chi connectivity index (χ0n) is 9.50. The van der Waals surface area contributed by atoms with Crippen molar-refractivity contribution in [3.8, 4) is 5.75 Å². The van der Waals surface area contributed by atoms with Gasteiger partial charge in [0.1, 0.15) is 5.75 Å². The van der Waals surface area contributed by atoms with Crippen LogP contribution >= 0.6 is 15.9 Å². The first-order valence-corrected chi connectivity index (χ1v) is 6.70. The van der Waals surface area contributed by atoms with E-state index in [4.69, 9.17) is 4.74 Å². The van der Waals surface area contributed by atoms with E-state index in [-0.39, 0.29) is 0 Å². The molecule has 0 aliphatic rings. The van der Waals surface area contributed by atoms with Gasteiger partial charge >= 0.3 is 0 Å². The third kappa shape index (κ3) is 3.86. The summed E-state index contributed by atoms with van der Waals surface area (Å²) in [6.07, 6.45) is 2.37. The van der Waals surface area contributed by atoms with Gasteiger partial charge in [0, 0.05) is 10.9 Å². The topological polar surface area (TPSA) is 9.23 Å². The number of alkyl halides is 1. The molecule has 0 unspecified atom stereocenters. The predicted octanol–water partition coefficient (Wildman–Crippen LogP) is 4.40. The summed E-state index contributed by atoms with van der Waals surface area (Å²) in [7, 11) is 0. The van der Waals surface area contributed by atoms with Crippen LogP contribution in [-0.2, 0) is 5.33 Å². The van der Waals surface area contributed by atoms with Gasteiger partial charge in [0.15, 0.2) is 0 Å². The summed E-state index contributed by atoms with van der Waals surface area (Å²) in [5.41, 5.74) is 1.23. The van der Waals surface area contributed by atoms with E-state index >= 15 is 0 Å². The van der Waals surface area contributed by atoms with Crippen molar-refractivity contribution in [3.63, 3.8) is 0 Å². The molecule has 0 aliphatic carbocycles. The Morgan fingerprint density at radius 3 is 2.47 bits per heavy atom. The van der Waals surface area contributed by atoms with E-state index in [1.54, 1.807) is 0 Å². The number of rotatable bonds is 6. The van der Waals surface area contributed by atoms with Crippen molar-refractivity contribution in [2.75, 3.05) is 6.61 Å². The van der Waals surface area contributed by atoms with E-state index < -0.39 is 0 Å². The Morgan fingerprint density at radius 1 is 1.20 bits per heavy atom. The van der Waals surface area contributed by atoms with Crippen LogP contribution in [0.3, 0.4) is 0 Å². The van der Waals surface area contributed by atoms with Crippen molar-refractivity contribution in [1.82, 2.24) is 0 Å². The number of para-hydroxylation sites is 1. The number of halogens is 1. The first kappa shape index (κ1) is 12.6. The molecule has 0 spiro atoms. The van der Waals surface area contributed by atoms with Gasteiger partial charge in [-0.2, -0.15) is 0 Å². The van der Waals surface area contributed by atoms with Gasteiger partial charge in [-0.1, -0.05) is 60.8 Å². The molecular formula is C13H19BrO. The minimum absolute atomic E-state index is 0.674. The average molecular weight is 271 g/mol. The lowest BCUT2D eigenvalue weighted by atomic mass is 10.1. The Morgan fingerprint density at radius 2 is 1.87 bits per heavy atom. The molecule has 0 bridgehead atoms. The van der Waals surface area contributed by atoms with Crippen LogP contribution in [0, 0.1) is 5.92 Å². The molecule has 15 heavy (non-hydrogen) atoms. The van der Waals surface area contributed by atoms with E-state index in [0.29, 0.717) is 5.92 Å². The van der Waals surface area contributed by atoms with Gasteiger partial charge < -0.3 is 4.74 Å². The molecule has 84 valence electrons. The molecule has 1 rings (SSSR count). The molecule has 0 saturated carbocycles. The molecule has 1 nitrogen and oxygen atoms in total. The van der Waals surface area contributed by atoms with Crippen LogP contribution in [0.25, 0.3) is 0 Å². The normalized spacial score (nSPS) is 10.7. The van der Waals surface area contributed by atoms with Gasteiger partial charge in [-0.15, -0.1) is 0 Å². The quantitative estimate of drug-likeness (QED) is 0.697. The Balaban J connectivity index is 2.56.